The van der Waals surface area contributed by atoms with Gasteiger partial charge >= 0.3 is 12.1 Å². The zero-order valence-electron chi connectivity index (χ0n) is 14.9. The lowest BCUT2D eigenvalue weighted by molar-refractivity contribution is -0.263. The lowest BCUT2D eigenvalue weighted by Gasteiger charge is -2.30. The van der Waals surface area contributed by atoms with E-state index in [1.54, 1.807) is 0 Å². The van der Waals surface area contributed by atoms with E-state index in [0.717, 1.165) is 24.9 Å². The highest BCUT2D eigenvalue weighted by molar-refractivity contribution is 9.08. The van der Waals surface area contributed by atoms with Crippen LogP contribution in [-0.4, -0.2) is 77.0 Å². The standard InChI is InChI=1S/C14H16BrN5O9/c1-5(21)29-14(25)8(22)7(11(23)28-13(24)26-2)27-12(14)19-3-17-6-9(16)18-4-20(15)10(6)19/h3-4,7-8,11-12,16,22-23,25H,1-2H3/t7-,8+,11?,12+,14-/m0/s1. The molecule has 0 spiro atoms. The third-order valence-electron chi connectivity index (χ3n) is 4.08. The van der Waals surface area contributed by atoms with E-state index < -0.39 is 42.6 Å². The van der Waals surface area contributed by atoms with Gasteiger partial charge in [-0.25, -0.2) is 18.4 Å². The predicted molar refractivity (Wildman–Crippen MR) is 91.8 cm³/mol. The molecule has 0 amide bonds. The Bertz CT molecular complexity index is 1010. The molecule has 1 aliphatic heterocycles. The summed E-state index contributed by atoms with van der Waals surface area (Å²) >= 11 is 3.17. The fourth-order valence-corrected chi connectivity index (χ4v) is 3.32. The molecule has 3 rings (SSSR count). The van der Waals surface area contributed by atoms with Crippen molar-refractivity contribution in [2.24, 2.45) is 0 Å². The first kappa shape index (κ1) is 21.1. The highest BCUT2D eigenvalue weighted by atomic mass is 79.9. The number of aliphatic hydroxyl groups is 3. The first-order chi connectivity index (χ1) is 13.6. The summed E-state index contributed by atoms with van der Waals surface area (Å²) in [6.07, 6.45) is -6.42. The molecular weight excluding hydrogens is 462 g/mol. The normalized spacial score (nSPS) is 27.6. The number of halogens is 1. The Morgan fingerprint density at radius 2 is 2.10 bits per heavy atom. The minimum absolute atomic E-state index is 0.0856. The number of carbonyl (C=O) groups is 2. The summed E-state index contributed by atoms with van der Waals surface area (Å²) in [6, 6.07) is 0. The van der Waals surface area contributed by atoms with Gasteiger partial charge in [0.05, 0.1) is 29.6 Å². The van der Waals surface area contributed by atoms with Gasteiger partial charge in [-0.3, -0.25) is 14.8 Å². The number of esters is 1. The van der Waals surface area contributed by atoms with Crippen LogP contribution in [0.25, 0.3) is 11.2 Å². The number of nitrogens with zero attached hydrogens (tertiary/aromatic N) is 4. The fourth-order valence-electron chi connectivity index (χ4n) is 2.87. The minimum Gasteiger partial charge on any atom is -0.438 e. The van der Waals surface area contributed by atoms with Crippen LogP contribution in [0.3, 0.4) is 0 Å². The number of nitrogens with one attached hydrogen (secondary N) is 1. The number of rotatable bonds is 4. The fraction of sp³-hybridized carbons (Fsp3) is 0.500. The number of methoxy groups -OCH3 is 1. The van der Waals surface area contributed by atoms with E-state index >= 15 is 0 Å². The second-order valence-electron chi connectivity index (χ2n) is 5.93. The van der Waals surface area contributed by atoms with Gasteiger partial charge in [-0.2, -0.15) is 0 Å². The van der Waals surface area contributed by atoms with Crippen molar-refractivity contribution < 1.29 is 43.9 Å². The van der Waals surface area contributed by atoms with Crippen LogP contribution in [-0.2, 0) is 23.7 Å². The third-order valence-corrected chi connectivity index (χ3v) is 4.60. The quantitative estimate of drug-likeness (QED) is 0.295. The lowest BCUT2D eigenvalue weighted by atomic mass is 10.1. The van der Waals surface area contributed by atoms with Crippen molar-refractivity contribution in [1.82, 2.24) is 18.1 Å². The number of carbonyl (C=O) groups excluding carboxylic acids is 2. The average Bonchev–Trinajstić information content (AvgIpc) is 3.19. The monoisotopic (exact) mass is 477 g/mol. The number of hydrogen-bond acceptors (Lipinski definition) is 12. The summed E-state index contributed by atoms with van der Waals surface area (Å²) in [4.78, 5) is 30.6. The zero-order valence-corrected chi connectivity index (χ0v) is 16.5. The van der Waals surface area contributed by atoms with E-state index in [-0.39, 0.29) is 16.7 Å². The second-order valence-corrected chi connectivity index (χ2v) is 6.70. The van der Waals surface area contributed by atoms with Gasteiger partial charge in [-0.1, -0.05) is 0 Å². The largest absolute Gasteiger partial charge is 0.510 e. The molecule has 2 aromatic heterocycles. The molecule has 158 valence electrons. The van der Waals surface area contributed by atoms with Gasteiger partial charge in [0.25, 0.3) is 5.79 Å². The number of aromatic nitrogens is 4. The molecule has 15 heteroatoms. The Morgan fingerprint density at radius 1 is 1.41 bits per heavy atom. The van der Waals surface area contributed by atoms with Gasteiger partial charge in [0.1, 0.15) is 6.33 Å². The Morgan fingerprint density at radius 3 is 2.72 bits per heavy atom. The van der Waals surface area contributed by atoms with E-state index in [1.165, 1.54) is 9.92 Å². The predicted octanol–water partition coefficient (Wildman–Crippen LogP) is -1.52. The van der Waals surface area contributed by atoms with Gasteiger partial charge < -0.3 is 34.3 Å². The summed E-state index contributed by atoms with van der Waals surface area (Å²) in [6.45, 7) is 0.985. The maximum Gasteiger partial charge on any atom is 0.510 e. The number of ether oxygens (including phenoxy) is 4. The molecule has 4 N–H and O–H groups in total. The van der Waals surface area contributed by atoms with Crippen LogP contribution in [0, 0.1) is 5.41 Å². The molecule has 3 heterocycles. The summed E-state index contributed by atoms with van der Waals surface area (Å²) in [5.41, 5.74) is 0.0360. The second kappa shape index (κ2) is 7.68. The maximum absolute atomic E-state index is 11.6. The molecule has 0 aromatic carbocycles. The number of fused-ring (bicyclic) bond motifs is 1. The molecular formula is C14H16BrN5O9. The number of imidazole rings is 1. The third kappa shape index (κ3) is 3.58. The highest BCUT2D eigenvalue weighted by Gasteiger charge is 2.62. The van der Waals surface area contributed by atoms with Crippen LogP contribution >= 0.6 is 16.1 Å². The first-order valence-corrected chi connectivity index (χ1v) is 8.64. The Balaban J connectivity index is 2.09. The number of aliphatic hydroxyl groups excluding tert-OH is 2. The van der Waals surface area contributed by atoms with Crippen LogP contribution in [0.15, 0.2) is 12.7 Å². The molecule has 0 saturated carbocycles. The molecule has 0 aliphatic carbocycles. The Labute approximate surface area is 170 Å². The molecule has 2 aromatic rings. The SMILES string of the molecule is COC(=O)OC(O)[C@H]1O[C@@H](n2cnc3c(=N)ncn(Br)c32)[C@@](O)(OC(C)=O)[C@@H]1O. The first-order valence-electron chi connectivity index (χ1n) is 7.93. The van der Waals surface area contributed by atoms with Gasteiger partial charge in [0.2, 0.25) is 12.5 Å². The van der Waals surface area contributed by atoms with Crippen molar-refractivity contribution in [3.05, 3.63) is 18.1 Å². The molecule has 14 nitrogen and oxygen atoms in total. The average molecular weight is 478 g/mol. The molecule has 1 unspecified atom stereocenters. The molecule has 1 aliphatic rings. The van der Waals surface area contributed by atoms with Crippen molar-refractivity contribution in [3.63, 3.8) is 0 Å². The van der Waals surface area contributed by atoms with E-state index in [9.17, 15) is 24.9 Å². The van der Waals surface area contributed by atoms with Crippen LogP contribution in [0.1, 0.15) is 13.2 Å². The molecule has 0 radical (unpaired) electrons. The van der Waals surface area contributed by atoms with Crippen LogP contribution in [0.5, 0.6) is 0 Å². The molecule has 1 fully saturated rings. The van der Waals surface area contributed by atoms with Gasteiger partial charge in [0, 0.05) is 6.92 Å². The van der Waals surface area contributed by atoms with Crippen molar-refractivity contribution in [2.45, 2.75) is 37.4 Å². The highest BCUT2D eigenvalue weighted by Crippen LogP contribution is 2.42. The summed E-state index contributed by atoms with van der Waals surface area (Å²) in [7, 11) is 0.998. The van der Waals surface area contributed by atoms with Crippen molar-refractivity contribution in [3.8, 4) is 0 Å². The van der Waals surface area contributed by atoms with Crippen molar-refractivity contribution in [1.29, 1.82) is 5.41 Å². The van der Waals surface area contributed by atoms with Crippen molar-refractivity contribution >= 4 is 39.4 Å². The molecule has 0 bridgehead atoms. The van der Waals surface area contributed by atoms with E-state index in [2.05, 4.69) is 35.6 Å². The Hall–Kier alpha value is -2.59. The molecule has 5 atom stereocenters. The Kier molecular flexibility index (Phi) is 5.59. The maximum atomic E-state index is 11.6. The van der Waals surface area contributed by atoms with Gasteiger partial charge in [-0.15, -0.1) is 0 Å². The van der Waals surface area contributed by atoms with Gasteiger partial charge in [-0.05, 0) is 0 Å². The summed E-state index contributed by atoms with van der Waals surface area (Å²) in [5.74, 6) is -3.68. The zero-order chi connectivity index (χ0) is 21.5. The molecule has 29 heavy (non-hydrogen) atoms. The van der Waals surface area contributed by atoms with Crippen LogP contribution in [0.4, 0.5) is 4.79 Å². The smallest absolute Gasteiger partial charge is 0.438 e. The topological polar surface area (TPSA) is 191 Å². The van der Waals surface area contributed by atoms with Crippen LogP contribution in [0.2, 0.25) is 0 Å². The van der Waals surface area contributed by atoms with E-state index in [0.29, 0.717) is 0 Å². The van der Waals surface area contributed by atoms with Crippen molar-refractivity contribution in [2.75, 3.05) is 7.11 Å². The van der Waals surface area contributed by atoms with E-state index in [1.807, 2.05) is 0 Å². The lowest BCUT2D eigenvalue weighted by Crippen LogP contribution is -2.52. The molecule has 1 saturated heterocycles. The van der Waals surface area contributed by atoms with Gasteiger partial charge in [0.15, 0.2) is 28.9 Å². The summed E-state index contributed by atoms with van der Waals surface area (Å²) in [5, 5.41) is 39.4. The number of hydrogen-bond donors (Lipinski definition) is 4. The minimum atomic E-state index is -2.71. The summed E-state index contributed by atoms with van der Waals surface area (Å²) < 4.78 is 21.6. The van der Waals surface area contributed by atoms with E-state index in [4.69, 9.17) is 14.9 Å². The van der Waals surface area contributed by atoms with Crippen LogP contribution < -0.4 is 5.49 Å².